The summed E-state index contributed by atoms with van der Waals surface area (Å²) in [7, 11) is 3.56. The van der Waals surface area contributed by atoms with Gasteiger partial charge in [0, 0.05) is 31.6 Å². The molecule has 7 nitrogen and oxygen atoms in total. The molecule has 0 spiro atoms. The Bertz CT molecular complexity index is 595. The average Bonchev–Trinajstić information content (AvgIpc) is 2.81. The van der Waals surface area contributed by atoms with Crippen LogP contribution in [0.2, 0.25) is 0 Å². The topological polar surface area (TPSA) is 90.9 Å². The fourth-order valence-corrected chi connectivity index (χ4v) is 2.05. The molecule has 0 aromatic carbocycles. The van der Waals surface area contributed by atoms with E-state index in [0.717, 1.165) is 22.8 Å². The Labute approximate surface area is 118 Å². The summed E-state index contributed by atoms with van der Waals surface area (Å²) in [4.78, 5) is 8.41. The van der Waals surface area contributed by atoms with Gasteiger partial charge in [-0.1, -0.05) is 0 Å². The summed E-state index contributed by atoms with van der Waals surface area (Å²) in [6, 6.07) is 1.89. The molecule has 7 heteroatoms. The lowest BCUT2D eigenvalue weighted by Crippen LogP contribution is -2.21. The van der Waals surface area contributed by atoms with Crippen LogP contribution in [-0.2, 0) is 11.8 Å². The van der Waals surface area contributed by atoms with Crippen molar-refractivity contribution in [3.8, 4) is 0 Å². The first kappa shape index (κ1) is 14.3. The van der Waals surface area contributed by atoms with E-state index in [-0.39, 0.29) is 12.0 Å². The molecule has 3 N–H and O–H groups in total. The first-order chi connectivity index (χ1) is 9.52. The molecule has 0 amide bonds. The van der Waals surface area contributed by atoms with E-state index in [4.69, 9.17) is 10.5 Å². The SMILES string of the molecule is COCC(Nc1nc(N)nc(C)c1C)c1ccnn1C. The lowest BCUT2D eigenvalue weighted by Gasteiger charge is -2.20. The maximum atomic E-state index is 5.72. The van der Waals surface area contributed by atoms with Gasteiger partial charge in [0.25, 0.3) is 0 Å². The normalized spacial score (nSPS) is 12.4. The number of methoxy groups -OCH3 is 1. The van der Waals surface area contributed by atoms with E-state index in [1.807, 2.05) is 31.6 Å². The zero-order valence-corrected chi connectivity index (χ0v) is 12.2. The highest BCUT2D eigenvalue weighted by Crippen LogP contribution is 2.22. The van der Waals surface area contributed by atoms with Gasteiger partial charge in [0.2, 0.25) is 5.95 Å². The second-order valence-electron chi connectivity index (χ2n) is 4.67. The van der Waals surface area contributed by atoms with Crippen LogP contribution < -0.4 is 11.1 Å². The minimum absolute atomic E-state index is 0.0556. The Morgan fingerprint density at radius 1 is 1.40 bits per heavy atom. The quantitative estimate of drug-likeness (QED) is 0.853. The number of aryl methyl sites for hydroxylation is 2. The van der Waals surface area contributed by atoms with Crippen LogP contribution in [0.3, 0.4) is 0 Å². The van der Waals surface area contributed by atoms with E-state index in [9.17, 15) is 0 Å². The minimum Gasteiger partial charge on any atom is -0.382 e. The van der Waals surface area contributed by atoms with Crippen molar-refractivity contribution in [3.63, 3.8) is 0 Å². The van der Waals surface area contributed by atoms with Gasteiger partial charge >= 0.3 is 0 Å². The lowest BCUT2D eigenvalue weighted by molar-refractivity contribution is 0.184. The monoisotopic (exact) mass is 276 g/mol. The van der Waals surface area contributed by atoms with Crippen molar-refractivity contribution < 1.29 is 4.74 Å². The van der Waals surface area contributed by atoms with Gasteiger partial charge < -0.3 is 15.8 Å². The number of rotatable bonds is 5. The minimum atomic E-state index is -0.0556. The molecule has 2 aromatic heterocycles. The maximum Gasteiger partial charge on any atom is 0.222 e. The van der Waals surface area contributed by atoms with E-state index in [0.29, 0.717) is 6.61 Å². The fourth-order valence-electron chi connectivity index (χ4n) is 2.05. The number of hydrogen-bond donors (Lipinski definition) is 2. The van der Waals surface area contributed by atoms with Crippen LogP contribution in [0.15, 0.2) is 12.3 Å². The molecule has 0 saturated carbocycles. The largest absolute Gasteiger partial charge is 0.382 e. The Hall–Kier alpha value is -2.15. The molecule has 108 valence electrons. The molecule has 1 unspecified atom stereocenters. The van der Waals surface area contributed by atoms with Gasteiger partial charge in [-0.2, -0.15) is 10.1 Å². The molecule has 1 atom stereocenters. The number of hydrogen-bond acceptors (Lipinski definition) is 6. The smallest absolute Gasteiger partial charge is 0.222 e. The van der Waals surface area contributed by atoms with Gasteiger partial charge in [-0.25, -0.2) is 4.98 Å². The number of ether oxygens (including phenoxy) is 1. The predicted octanol–water partition coefficient (Wildman–Crippen LogP) is 1.21. The highest BCUT2D eigenvalue weighted by molar-refractivity contribution is 5.49. The highest BCUT2D eigenvalue weighted by Gasteiger charge is 2.17. The second-order valence-corrected chi connectivity index (χ2v) is 4.67. The lowest BCUT2D eigenvalue weighted by atomic mass is 10.2. The molecule has 2 heterocycles. The summed E-state index contributed by atoms with van der Waals surface area (Å²) in [5.74, 6) is 0.982. The van der Waals surface area contributed by atoms with Gasteiger partial charge in [-0.15, -0.1) is 0 Å². The third kappa shape index (κ3) is 2.88. The van der Waals surface area contributed by atoms with Crippen LogP contribution in [0.4, 0.5) is 11.8 Å². The summed E-state index contributed by atoms with van der Waals surface area (Å²) in [5, 5.41) is 7.54. The standard InChI is InChI=1S/C13H20N6O/c1-8-9(2)16-13(14)18-12(8)17-10(7-20-4)11-5-6-15-19(11)3/h5-6,10H,7H2,1-4H3,(H3,14,16,17,18). The molecule has 0 aliphatic carbocycles. The van der Waals surface area contributed by atoms with E-state index in [2.05, 4.69) is 20.4 Å². The van der Waals surface area contributed by atoms with E-state index in [1.165, 1.54) is 0 Å². The highest BCUT2D eigenvalue weighted by atomic mass is 16.5. The van der Waals surface area contributed by atoms with Crippen LogP contribution >= 0.6 is 0 Å². The number of nitrogens with zero attached hydrogens (tertiary/aromatic N) is 4. The van der Waals surface area contributed by atoms with Gasteiger partial charge in [-0.05, 0) is 19.9 Å². The van der Waals surface area contributed by atoms with Crippen LogP contribution in [0.1, 0.15) is 23.0 Å². The molecular weight excluding hydrogens is 256 g/mol. The summed E-state index contributed by atoms with van der Waals surface area (Å²) in [6.45, 7) is 4.38. The molecule has 0 fully saturated rings. The summed E-state index contributed by atoms with van der Waals surface area (Å²) in [5.41, 5.74) is 8.57. The number of nitrogen functional groups attached to an aromatic ring is 1. The van der Waals surface area contributed by atoms with Crippen molar-refractivity contribution in [2.24, 2.45) is 7.05 Å². The average molecular weight is 276 g/mol. The Kier molecular flexibility index (Phi) is 4.19. The Balaban J connectivity index is 2.32. The van der Waals surface area contributed by atoms with Crippen molar-refractivity contribution in [1.29, 1.82) is 0 Å². The number of anilines is 2. The van der Waals surface area contributed by atoms with E-state index >= 15 is 0 Å². The summed E-state index contributed by atoms with van der Waals surface area (Å²) in [6.07, 6.45) is 1.76. The van der Waals surface area contributed by atoms with Crippen molar-refractivity contribution in [2.75, 3.05) is 24.8 Å². The number of aromatic nitrogens is 4. The zero-order chi connectivity index (χ0) is 14.7. The third-order valence-electron chi connectivity index (χ3n) is 3.27. The van der Waals surface area contributed by atoms with Gasteiger partial charge in [0.1, 0.15) is 5.82 Å². The van der Waals surface area contributed by atoms with Crippen LogP contribution in [0.5, 0.6) is 0 Å². The van der Waals surface area contributed by atoms with Crippen molar-refractivity contribution in [1.82, 2.24) is 19.7 Å². The van der Waals surface area contributed by atoms with Gasteiger partial charge in [-0.3, -0.25) is 4.68 Å². The summed E-state index contributed by atoms with van der Waals surface area (Å²) < 4.78 is 7.09. The predicted molar refractivity (Wildman–Crippen MR) is 77.4 cm³/mol. The molecule has 20 heavy (non-hydrogen) atoms. The van der Waals surface area contributed by atoms with Crippen molar-refractivity contribution in [3.05, 3.63) is 29.2 Å². The second kappa shape index (κ2) is 5.87. The Morgan fingerprint density at radius 3 is 2.75 bits per heavy atom. The van der Waals surface area contributed by atoms with Gasteiger partial charge in [0.05, 0.1) is 18.3 Å². The molecule has 0 saturated heterocycles. The van der Waals surface area contributed by atoms with Crippen LogP contribution in [0, 0.1) is 13.8 Å². The molecule has 0 bridgehead atoms. The molecule has 0 radical (unpaired) electrons. The summed E-state index contributed by atoms with van der Waals surface area (Å²) >= 11 is 0. The maximum absolute atomic E-state index is 5.72. The van der Waals surface area contributed by atoms with Crippen molar-refractivity contribution in [2.45, 2.75) is 19.9 Å². The molecule has 2 aromatic rings. The molecule has 2 rings (SSSR count). The molecule has 0 aliphatic rings. The van der Waals surface area contributed by atoms with E-state index in [1.54, 1.807) is 13.3 Å². The molecule has 0 aliphatic heterocycles. The number of nitrogens with one attached hydrogen (secondary N) is 1. The first-order valence-electron chi connectivity index (χ1n) is 6.37. The van der Waals surface area contributed by atoms with Crippen molar-refractivity contribution >= 4 is 11.8 Å². The third-order valence-corrected chi connectivity index (χ3v) is 3.27. The molecular formula is C13H20N6O. The van der Waals surface area contributed by atoms with E-state index < -0.39 is 0 Å². The Morgan fingerprint density at radius 2 is 2.15 bits per heavy atom. The van der Waals surface area contributed by atoms with Crippen LogP contribution in [-0.4, -0.2) is 33.5 Å². The van der Waals surface area contributed by atoms with Crippen LogP contribution in [0.25, 0.3) is 0 Å². The zero-order valence-electron chi connectivity index (χ0n) is 12.2. The number of nitrogens with two attached hydrogens (primary N) is 1. The first-order valence-corrected chi connectivity index (χ1v) is 6.37. The van der Waals surface area contributed by atoms with Gasteiger partial charge in [0.15, 0.2) is 0 Å². The fraction of sp³-hybridized carbons (Fsp3) is 0.462.